The van der Waals surface area contributed by atoms with Gasteiger partial charge in [-0.15, -0.1) is 0 Å². The number of carbonyl (C=O) groups is 3. The first kappa shape index (κ1) is 15.2. The van der Waals surface area contributed by atoms with Gasteiger partial charge in [-0.25, -0.2) is 0 Å². The Kier molecular flexibility index (Phi) is 3.80. The molecule has 0 aliphatic heterocycles. The van der Waals surface area contributed by atoms with Crippen LogP contribution in [-0.2, 0) is 9.59 Å². The predicted molar refractivity (Wildman–Crippen MR) is 81.2 cm³/mol. The highest BCUT2D eigenvalue weighted by Gasteiger charge is 2.50. The first-order valence-electron chi connectivity index (χ1n) is 7.09. The Hall–Kier alpha value is -1.69. The van der Waals surface area contributed by atoms with Crippen molar-refractivity contribution in [2.24, 2.45) is 11.8 Å². The lowest BCUT2D eigenvalue weighted by Gasteiger charge is -2.29. The van der Waals surface area contributed by atoms with Gasteiger partial charge in [0.1, 0.15) is 11.5 Å². The van der Waals surface area contributed by atoms with Crippen LogP contribution in [0.5, 0.6) is 5.75 Å². The van der Waals surface area contributed by atoms with Crippen molar-refractivity contribution in [3.05, 3.63) is 27.7 Å². The lowest BCUT2D eigenvalue weighted by atomic mass is 9.72. The molecule has 2 aliphatic rings. The highest BCUT2D eigenvalue weighted by molar-refractivity contribution is 9.10. The summed E-state index contributed by atoms with van der Waals surface area (Å²) in [7, 11) is 1.49. The van der Waals surface area contributed by atoms with Crippen LogP contribution in [0.4, 0.5) is 0 Å². The van der Waals surface area contributed by atoms with E-state index < -0.39 is 11.9 Å². The summed E-state index contributed by atoms with van der Waals surface area (Å²) in [6.45, 7) is 0. The molecule has 1 aromatic rings. The molecule has 0 heterocycles. The standard InChI is InChI=1S/C16H15BrO5/c1-22-11-3-2-9(17)13-8-4-7(6-12(19)20)5-10(18)14(8)16(21)15(11)13/h2-3,7-8,14H,4-6H2,1H3,(H,19,20)/t7-,8-,14-/m0/s1. The van der Waals surface area contributed by atoms with Crippen molar-refractivity contribution in [2.75, 3.05) is 7.11 Å². The minimum absolute atomic E-state index is 0.0416. The third-order valence-corrected chi connectivity index (χ3v) is 5.25. The number of halogens is 1. The number of hydrogen-bond donors (Lipinski definition) is 1. The zero-order valence-corrected chi connectivity index (χ0v) is 13.6. The molecule has 116 valence electrons. The van der Waals surface area contributed by atoms with Crippen molar-refractivity contribution in [3.63, 3.8) is 0 Å². The Morgan fingerprint density at radius 3 is 2.77 bits per heavy atom. The third-order valence-electron chi connectivity index (χ3n) is 4.56. The summed E-state index contributed by atoms with van der Waals surface area (Å²) in [6, 6.07) is 3.51. The minimum Gasteiger partial charge on any atom is -0.496 e. The van der Waals surface area contributed by atoms with Gasteiger partial charge in [0.15, 0.2) is 5.78 Å². The highest BCUT2D eigenvalue weighted by atomic mass is 79.9. The van der Waals surface area contributed by atoms with Crippen LogP contribution < -0.4 is 4.74 Å². The van der Waals surface area contributed by atoms with Crippen molar-refractivity contribution < 1.29 is 24.2 Å². The summed E-state index contributed by atoms with van der Waals surface area (Å²) in [5.41, 5.74) is 1.26. The Balaban J connectivity index is 2.06. The normalized spacial score (nSPS) is 26.5. The van der Waals surface area contributed by atoms with Crippen LogP contribution in [0.25, 0.3) is 0 Å². The van der Waals surface area contributed by atoms with Crippen LogP contribution >= 0.6 is 15.9 Å². The second kappa shape index (κ2) is 5.50. The zero-order valence-electron chi connectivity index (χ0n) is 12.0. The van der Waals surface area contributed by atoms with E-state index in [4.69, 9.17) is 9.84 Å². The van der Waals surface area contributed by atoms with Crippen molar-refractivity contribution in [2.45, 2.75) is 25.2 Å². The Bertz CT molecular complexity index is 681. The predicted octanol–water partition coefficient (Wildman–Crippen LogP) is 2.81. The molecular formula is C16H15BrO5. The molecule has 1 N–H and O–H groups in total. The molecule has 5 nitrogen and oxygen atoms in total. The van der Waals surface area contributed by atoms with Crippen molar-refractivity contribution >= 4 is 33.5 Å². The molecule has 6 heteroatoms. The third kappa shape index (κ3) is 2.26. The van der Waals surface area contributed by atoms with Gasteiger partial charge < -0.3 is 9.84 Å². The fourth-order valence-corrected chi connectivity index (χ4v) is 4.37. The van der Waals surface area contributed by atoms with E-state index in [0.29, 0.717) is 17.7 Å². The molecular weight excluding hydrogens is 352 g/mol. The zero-order chi connectivity index (χ0) is 16.0. The number of carboxylic acids is 1. The fraction of sp³-hybridized carbons (Fsp3) is 0.438. The fourth-order valence-electron chi connectivity index (χ4n) is 3.75. The number of ether oxygens (including phenoxy) is 1. The van der Waals surface area contributed by atoms with Crippen LogP contribution in [0.15, 0.2) is 16.6 Å². The molecule has 0 amide bonds. The molecule has 0 bridgehead atoms. The van der Waals surface area contributed by atoms with Crippen LogP contribution in [-0.4, -0.2) is 29.8 Å². The van der Waals surface area contributed by atoms with E-state index in [1.54, 1.807) is 12.1 Å². The van der Waals surface area contributed by atoms with E-state index in [2.05, 4.69) is 15.9 Å². The number of hydrogen-bond acceptors (Lipinski definition) is 4. The molecule has 1 saturated carbocycles. The smallest absolute Gasteiger partial charge is 0.303 e. The minimum atomic E-state index is -0.912. The number of carboxylic acid groups (broad SMARTS) is 1. The van der Waals surface area contributed by atoms with Gasteiger partial charge in [0, 0.05) is 23.2 Å². The molecule has 0 aromatic heterocycles. The van der Waals surface area contributed by atoms with Crippen LogP contribution in [0.3, 0.4) is 0 Å². The maximum absolute atomic E-state index is 12.7. The SMILES string of the molecule is COc1ccc(Br)c2c1C(=O)[C@@H]1C(=O)C[C@@H](CC(=O)O)C[C@@H]21. The molecule has 0 spiro atoms. The van der Waals surface area contributed by atoms with Gasteiger partial charge in [-0.05, 0) is 30.0 Å². The number of carbonyl (C=O) groups excluding carboxylic acids is 2. The van der Waals surface area contributed by atoms with E-state index in [1.165, 1.54) is 7.11 Å². The molecule has 0 radical (unpaired) electrons. The maximum atomic E-state index is 12.7. The number of methoxy groups -OCH3 is 1. The first-order valence-corrected chi connectivity index (χ1v) is 7.88. The van der Waals surface area contributed by atoms with E-state index in [9.17, 15) is 14.4 Å². The summed E-state index contributed by atoms with van der Waals surface area (Å²) in [6.07, 6.45) is 0.653. The second-order valence-electron chi connectivity index (χ2n) is 5.86. The number of fused-ring (bicyclic) bond motifs is 3. The summed E-state index contributed by atoms with van der Waals surface area (Å²) < 4.78 is 6.04. The summed E-state index contributed by atoms with van der Waals surface area (Å²) in [5.74, 6) is -1.95. The van der Waals surface area contributed by atoms with Gasteiger partial charge in [0.05, 0.1) is 18.6 Å². The number of benzene rings is 1. The van der Waals surface area contributed by atoms with E-state index >= 15 is 0 Å². The van der Waals surface area contributed by atoms with E-state index in [1.807, 2.05) is 0 Å². The number of Topliss-reactive ketones (excluding diaryl/α,β-unsaturated/α-hetero) is 2. The largest absolute Gasteiger partial charge is 0.496 e. The Morgan fingerprint density at radius 2 is 2.14 bits per heavy atom. The van der Waals surface area contributed by atoms with Gasteiger partial charge in [-0.1, -0.05) is 15.9 Å². The van der Waals surface area contributed by atoms with Gasteiger partial charge in [-0.3, -0.25) is 14.4 Å². The average Bonchev–Trinajstić information content (AvgIpc) is 2.74. The molecule has 22 heavy (non-hydrogen) atoms. The maximum Gasteiger partial charge on any atom is 0.303 e. The lowest BCUT2D eigenvalue weighted by Crippen LogP contribution is -2.33. The van der Waals surface area contributed by atoms with Crippen molar-refractivity contribution in [1.29, 1.82) is 0 Å². The quantitative estimate of drug-likeness (QED) is 0.831. The first-order chi connectivity index (χ1) is 10.4. The van der Waals surface area contributed by atoms with Crippen molar-refractivity contribution in [3.8, 4) is 5.75 Å². The Morgan fingerprint density at radius 1 is 1.41 bits per heavy atom. The number of rotatable bonds is 3. The highest BCUT2D eigenvalue weighted by Crippen LogP contribution is 2.52. The van der Waals surface area contributed by atoms with Crippen LogP contribution in [0, 0.1) is 11.8 Å². The average molecular weight is 367 g/mol. The summed E-state index contributed by atoms with van der Waals surface area (Å²) >= 11 is 3.46. The van der Waals surface area contributed by atoms with Crippen LogP contribution in [0.1, 0.15) is 41.1 Å². The summed E-state index contributed by atoms with van der Waals surface area (Å²) in [5, 5.41) is 8.97. The Labute approximate surface area is 135 Å². The second-order valence-corrected chi connectivity index (χ2v) is 6.71. The molecule has 0 unspecified atom stereocenters. The van der Waals surface area contributed by atoms with Gasteiger partial charge >= 0.3 is 5.97 Å². The lowest BCUT2D eigenvalue weighted by molar-refractivity contribution is -0.138. The monoisotopic (exact) mass is 366 g/mol. The molecule has 3 rings (SSSR count). The molecule has 2 aliphatic carbocycles. The molecule has 0 saturated heterocycles. The molecule has 3 atom stereocenters. The summed E-state index contributed by atoms with van der Waals surface area (Å²) in [4.78, 5) is 36.0. The van der Waals surface area contributed by atoms with E-state index in [0.717, 1.165) is 10.0 Å². The topological polar surface area (TPSA) is 80.7 Å². The van der Waals surface area contributed by atoms with E-state index in [-0.39, 0.29) is 36.2 Å². The van der Waals surface area contributed by atoms with Crippen molar-refractivity contribution in [1.82, 2.24) is 0 Å². The van der Waals surface area contributed by atoms with Gasteiger partial charge in [0.25, 0.3) is 0 Å². The number of aliphatic carboxylic acids is 1. The number of ketones is 2. The molecule has 1 fully saturated rings. The van der Waals surface area contributed by atoms with Gasteiger partial charge in [-0.2, -0.15) is 0 Å². The van der Waals surface area contributed by atoms with Crippen LogP contribution in [0.2, 0.25) is 0 Å². The molecule has 1 aromatic carbocycles. The van der Waals surface area contributed by atoms with Gasteiger partial charge in [0.2, 0.25) is 0 Å².